The number of nitro groups is 1. The maximum absolute atomic E-state index is 12.8. The van der Waals surface area contributed by atoms with Gasteiger partial charge in [-0.3, -0.25) is 14.9 Å². The number of nitrogens with one attached hydrogen (secondary N) is 1. The summed E-state index contributed by atoms with van der Waals surface area (Å²) >= 11 is 13.5. The van der Waals surface area contributed by atoms with Gasteiger partial charge in [0.2, 0.25) is 0 Å². The fourth-order valence-electron chi connectivity index (χ4n) is 2.46. The number of non-ortho nitro benzene ring substituents is 1. The molecule has 3 rings (SSSR count). The number of amides is 1. The van der Waals surface area contributed by atoms with Gasteiger partial charge in [0.05, 0.1) is 27.3 Å². The summed E-state index contributed by atoms with van der Waals surface area (Å²) in [6.45, 7) is 0.655. The largest absolute Gasteiger partial charge is 0.490 e. The number of thiophene rings is 1. The van der Waals surface area contributed by atoms with Crippen LogP contribution in [0, 0.1) is 10.1 Å². The fraction of sp³-hybridized carbons (Fsp3) is 0.150. The normalized spacial score (nSPS) is 10.5. The van der Waals surface area contributed by atoms with Gasteiger partial charge in [0.1, 0.15) is 23.0 Å². The predicted molar refractivity (Wildman–Crippen MR) is 119 cm³/mol. The average Bonchev–Trinajstić information content (AvgIpc) is 3.20. The van der Waals surface area contributed by atoms with Crippen molar-refractivity contribution in [2.24, 2.45) is 0 Å². The van der Waals surface area contributed by atoms with Crippen molar-refractivity contribution in [3.05, 3.63) is 72.9 Å². The standard InChI is InChI=1S/C20H16Cl2N2O6S/c1-28-7-8-29-18-11-16(14(21)10-15(18)22)23-20(25)19-17(6-9-31-19)30-13-4-2-12(3-5-13)24(26)27/h2-6,9-11H,7-8H2,1H3,(H,23,25). The highest BCUT2D eigenvalue weighted by Gasteiger charge is 2.18. The van der Waals surface area contributed by atoms with E-state index in [0.29, 0.717) is 39.4 Å². The number of methoxy groups -OCH3 is 1. The van der Waals surface area contributed by atoms with Crippen molar-refractivity contribution in [3.8, 4) is 17.2 Å². The highest BCUT2D eigenvalue weighted by molar-refractivity contribution is 7.12. The highest BCUT2D eigenvalue weighted by atomic mass is 35.5. The Morgan fingerprint density at radius 1 is 1.10 bits per heavy atom. The molecule has 0 aliphatic rings. The molecule has 0 bridgehead atoms. The number of hydrogen-bond donors (Lipinski definition) is 1. The van der Waals surface area contributed by atoms with E-state index in [1.807, 2.05) is 0 Å². The van der Waals surface area contributed by atoms with E-state index in [4.69, 9.17) is 37.4 Å². The topological polar surface area (TPSA) is 99.9 Å². The van der Waals surface area contributed by atoms with Crippen LogP contribution in [0.4, 0.5) is 11.4 Å². The Morgan fingerprint density at radius 2 is 1.84 bits per heavy atom. The molecule has 1 heterocycles. The Morgan fingerprint density at radius 3 is 2.52 bits per heavy atom. The molecule has 1 aromatic heterocycles. The lowest BCUT2D eigenvalue weighted by Crippen LogP contribution is -2.12. The first kappa shape index (κ1) is 22.8. The lowest BCUT2D eigenvalue weighted by molar-refractivity contribution is -0.384. The van der Waals surface area contributed by atoms with Crippen LogP contribution in [0.3, 0.4) is 0 Å². The van der Waals surface area contributed by atoms with Gasteiger partial charge in [0, 0.05) is 25.3 Å². The van der Waals surface area contributed by atoms with Crippen molar-refractivity contribution in [1.29, 1.82) is 0 Å². The fourth-order valence-corrected chi connectivity index (χ4v) is 3.65. The molecule has 0 saturated carbocycles. The Bertz CT molecular complexity index is 1090. The third kappa shape index (κ3) is 5.86. The van der Waals surface area contributed by atoms with Crippen molar-refractivity contribution in [1.82, 2.24) is 0 Å². The van der Waals surface area contributed by atoms with E-state index in [2.05, 4.69) is 5.32 Å². The molecule has 2 aromatic carbocycles. The van der Waals surface area contributed by atoms with Crippen LogP contribution in [0.5, 0.6) is 17.2 Å². The van der Waals surface area contributed by atoms with Crippen molar-refractivity contribution in [2.75, 3.05) is 25.6 Å². The molecule has 0 aliphatic carbocycles. The number of nitro benzene ring substituents is 1. The zero-order chi connectivity index (χ0) is 22.4. The molecule has 11 heteroatoms. The van der Waals surface area contributed by atoms with Crippen LogP contribution >= 0.6 is 34.5 Å². The van der Waals surface area contributed by atoms with Crippen molar-refractivity contribution < 1.29 is 23.9 Å². The summed E-state index contributed by atoms with van der Waals surface area (Å²) in [7, 11) is 1.55. The summed E-state index contributed by atoms with van der Waals surface area (Å²) in [5, 5.41) is 15.7. The molecule has 1 N–H and O–H groups in total. The molecule has 162 valence electrons. The number of nitrogens with zero attached hydrogens (tertiary/aromatic N) is 1. The van der Waals surface area contributed by atoms with Crippen LogP contribution in [0.25, 0.3) is 0 Å². The first-order valence-electron chi connectivity index (χ1n) is 8.81. The summed E-state index contributed by atoms with van der Waals surface area (Å²) in [5.74, 6) is 0.570. The number of hydrogen-bond acceptors (Lipinski definition) is 7. The van der Waals surface area contributed by atoms with Gasteiger partial charge in [0.25, 0.3) is 11.6 Å². The maximum atomic E-state index is 12.8. The van der Waals surface area contributed by atoms with Gasteiger partial charge < -0.3 is 19.5 Å². The molecule has 8 nitrogen and oxygen atoms in total. The van der Waals surface area contributed by atoms with Crippen molar-refractivity contribution in [2.45, 2.75) is 0 Å². The molecule has 0 radical (unpaired) electrons. The van der Waals surface area contributed by atoms with Crippen LogP contribution < -0.4 is 14.8 Å². The number of rotatable bonds is 9. The van der Waals surface area contributed by atoms with Gasteiger partial charge >= 0.3 is 0 Å². The van der Waals surface area contributed by atoms with Gasteiger partial charge in [-0.05, 0) is 29.6 Å². The van der Waals surface area contributed by atoms with Gasteiger partial charge in [-0.25, -0.2) is 0 Å². The summed E-state index contributed by atoms with van der Waals surface area (Å²) in [6, 6.07) is 10.2. The monoisotopic (exact) mass is 482 g/mol. The van der Waals surface area contributed by atoms with Gasteiger partial charge in [0.15, 0.2) is 5.75 Å². The molecular formula is C20H16Cl2N2O6S. The Kier molecular flexibility index (Phi) is 7.69. The van der Waals surface area contributed by atoms with Crippen LogP contribution in [0.2, 0.25) is 10.0 Å². The highest BCUT2D eigenvalue weighted by Crippen LogP contribution is 2.36. The van der Waals surface area contributed by atoms with Crippen molar-refractivity contribution in [3.63, 3.8) is 0 Å². The van der Waals surface area contributed by atoms with E-state index in [1.165, 1.54) is 47.7 Å². The minimum absolute atomic E-state index is 0.0588. The second kappa shape index (κ2) is 10.5. The van der Waals surface area contributed by atoms with Crippen LogP contribution in [-0.2, 0) is 4.74 Å². The van der Waals surface area contributed by atoms with Crippen LogP contribution in [-0.4, -0.2) is 31.2 Å². The molecule has 3 aromatic rings. The minimum Gasteiger partial charge on any atom is -0.490 e. The molecule has 0 spiro atoms. The molecule has 0 aliphatic heterocycles. The number of benzene rings is 2. The lowest BCUT2D eigenvalue weighted by Gasteiger charge is -2.13. The summed E-state index contributed by atoms with van der Waals surface area (Å²) < 4.78 is 16.2. The van der Waals surface area contributed by atoms with Crippen molar-refractivity contribution >= 4 is 51.8 Å². The summed E-state index contributed by atoms with van der Waals surface area (Å²) in [5.41, 5.74) is 0.259. The first-order valence-corrected chi connectivity index (χ1v) is 10.4. The third-order valence-corrected chi connectivity index (χ3v) is 5.43. The Balaban J connectivity index is 1.75. The number of ether oxygens (including phenoxy) is 3. The number of carbonyl (C=O) groups is 1. The van der Waals surface area contributed by atoms with E-state index < -0.39 is 10.8 Å². The summed E-state index contributed by atoms with van der Waals surface area (Å²) in [4.78, 5) is 23.4. The Labute approximate surface area is 191 Å². The van der Waals surface area contributed by atoms with Crippen LogP contribution in [0.1, 0.15) is 9.67 Å². The number of halogens is 2. The number of anilines is 1. The molecule has 1 amide bonds. The number of carbonyl (C=O) groups excluding carboxylic acids is 1. The molecule has 0 saturated heterocycles. The zero-order valence-electron chi connectivity index (χ0n) is 16.1. The molecule has 31 heavy (non-hydrogen) atoms. The predicted octanol–water partition coefficient (Wildman–Crippen LogP) is 6.03. The lowest BCUT2D eigenvalue weighted by atomic mass is 10.2. The molecule has 0 fully saturated rings. The van der Waals surface area contributed by atoms with E-state index in [9.17, 15) is 14.9 Å². The van der Waals surface area contributed by atoms with E-state index in [0.717, 1.165) is 0 Å². The third-order valence-electron chi connectivity index (χ3n) is 3.93. The van der Waals surface area contributed by atoms with E-state index in [1.54, 1.807) is 18.6 Å². The van der Waals surface area contributed by atoms with E-state index >= 15 is 0 Å². The zero-order valence-corrected chi connectivity index (χ0v) is 18.4. The van der Waals surface area contributed by atoms with Gasteiger partial charge in [-0.15, -0.1) is 11.3 Å². The summed E-state index contributed by atoms with van der Waals surface area (Å²) in [6.07, 6.45) is 0. The first-order chi connectivity index (χ1) is 14.9. The minimum atomic E-state index is -0.504. The average molecular weight is 483 g/mol. The van der Waals surface area contributed by atoms with Gasteiger partial charge in [-0.2, -0.15) is 0 Å². The van der Waals surface area contributed by atoms with Crippen LogP contribution in [0.15, 0.2) is 47.8 Å². The van der Waals surface area contributed by atoms with Gasteiger partial charge in [-0.1, -0.05) is 23.2 Å². The SMILES string of the molecule is COCCOc1cc(NC(=O)c2sccc2Oc2ccc([N+](=O)[O-])cc2)c(Cl)cc1Cl. The second-order valence-corrected chi connectivity index (χ2v) is 7.76. The molecular weight excluding hydrogens is 467 g/mol. The molecule has 0 atom stereocenters. The quantitative estimate of drug-likeness (QED) is 0.227. The van der Waals surface area contributed by atoms with E-state index in [-0.39, 0.29) is 17.3 Å². The Hall–Kier alpha value is -2.85. The molecule has 0 unspecified atom stereocenters. The maximum Gasteiger partial charge on any atom is 0.269 e. The smallest absolute Gasteiger partial charge is 0.269 e. The second-order valence-electron chi connectivity index (χ2n) is 6.02.